The number of carbonyl (C=O) groups excluding carboxylic acids is 1. The Morgan fingerprint density at radius 1 is 1.36 bits per heavy atom. The van der Waals surface area contributed by atoms with Gasteiger partial charge in [-0.2, -0.15) is 0 Å². The molecule has 6 heteroatoms. The van der Waals surface area contributed by atoms with E-state index in [1.54, 1.807) is 49.0 Å². The smallest absolute Gasteiger partial charge is 0.256 e. The van der Waals surface area contributed by atoms with Crippen LogP contribution in [-0.4, -0.2) is 14.8 Å². The average molecular weight is 318 g/mol. The first kappa shape index (κ1) is 14.5. The van der Waals surface area contributed by atoms with Crippen molar-refractivity contribution in [3.63, 3.8) is 0 Å². The van der Waals surface area contributed by atoms with Crippen molar-refractivity contribution in [2.75, 3.05) is 5.32 Å². The summed E-state index contributed by atoms with van der Waals surface area (Å²) in [5.74, 6) is 0.0163. The summed E-state index contributed by atoms with van der Waals surface area (Å²) in [5.41, 5.74) is 1.97. The molecule has 0 bridgehead atoms. The molecule has 0 aliphatic rings. The fourth-order valence-electron chi connectivity index (χ4n) is 2.45. The van der Waals surface area contributed by atoms with Crippen molar-refractivity contribution < 1.29 is 9.18 Å². The van der Waals surface area contributed by atoms with Crippen LogP contribution >= 0.6 is 11.6 Å². The number of pyridine rings is 1. The van der Waals surface area contributed by atoms with E-state index >= 15 is 0 Å². The lowest BCUT2D eigenvalue weighted by Crippen LogP contribution is -2.03. The topological polar surface area (TPSA) is 46.9 Å². The summed E-state index contributed by atoms with van der Waals surface area (Å²) >= 11 is 5.72. The van der Waals surface area contributed by atoms with Gasteiger partial charge < -0.3 is 9.88 Å². The Morgan fingerprint density at radius 2 is 2.14 bits per heavy atom. The fraction of sp³-hybridized carbons (Fsp3) is 0.125. The number of nitrogens with zero attached hydrogens (tertiary/aromatic N) is 2. The lowest BCUT2D eigenvalue weighted by Gasteiger charge is -2.10. The molecule has 0 aliphatic carbocycles. The second-order valence-corrected chi connectivity index (χ2v) is 5.38. The molecule has 0 atom stereocenters. The number of anilines is 2. The van der Waals surface area contributed by atoms with E-state index in [1.807, 2.05) is 0 Å². The average Bonchev–Trinajstić information content (AvgIpc) is 2.75. The predicted molar refractivity (Wildman–Crippen MR) is 85.3 cm³/mol. The number of nitrogens with one attached hydrogen (secondary N) is 1. The number of rotatable bonds is 3. The molecule has 1 aromatic carbocycles. The van der Waals surface area contributed by atoms with Gasteiger partial charge in [0.25, 0.3) is 5.24 Å². The molecule has 2 aromatic heterocycles. The highest BCUT2D eigenvalue weighted by Crippen LogP contribution is 2.32. The Kier molecular flexibility index (Phi) is 3.58. The first-order chi connectivity index (χ1) is 10.5. The summed E-state index contributed by atoms with van der Waals surface area (Å²) in [6.45, 7) is 1.81. The summed E-state index contributed by atoms with van der Waals surface area (Å²) in [6, 6.07) is 8.31. The van der Waals surface area contributed by atoms with Crippen molar-refractivity contribution in [3.8, 4) is 0 Å². The first-order valence-corrected chi connectivity index (χ1v) is 7.03. The van der Waals surface area contributed by atoms with Crippen LogP contribution in [0.3, 0.4) is 0 Å². The number of carbonyl (C=O) groups is 1. The van der Waals surface area contributed by atoms with E-state index in [9.17, 15) is 9.18 Å². The van der Waals surface area contributed by atoms with Crippen LogP contribution in [0.25, 0.3) is 11.0 Å². The van der Waals surface area contributed by atoms with Crippen molar-refractivity contribution in [2.45, 2.75) is 6.92 Å². The van der Waals surface area contributed by atoms with Crippen LogP contribution < -0.4 is 5.32 Å². The van der Waals surface area contributed by atoms with Gasteiger partial charge in [-0.3, -0.25) is 4.79 Å². The monoisotopic (exact) mass is 317 g/mol. The first-order valence-electron chi connectivity index (χ1n) is 6.65. The third-order valence-electron chi connectivity index (χ3n) is 3.52. The summed E-state index contributed by atoms with van der Waals surface area (Å²) in [5, 5.41) is 2.96. The van der Waals surface area contributed by atoms with Crippen molar-refractivity contribution in [1.29, 1.82) is 0 Å². The van der Waals surface area contributed by atoms with E-state index in [1.165, 1.54) is 6.07 Å². The zero-order valence-corrected chi connectivity index (χ0v) is 12.8. The molecule has 4 nitrogen and oxygen atoms in total. The van der Waals surface area contributed by atoms with E-state index in [-0.39, 0.29) is 11.3 Å². The van der Waals surface area contributed by atoms with Crippen molar-refractivity contribution in [1.82, 2.24) is 9.55 Å². The molecule has 3 aromatic rings. The van der Waals surface area contributed by atoms with E-state index in [2.05, 4.69) is 10.3 Å². The SMILES string of the molecule is Cc1ccc(Nc2c(C(=O)Cl)c3cccnc3n2C)c(F)c1. The van der Waals surface area contributed by atoms with Crippen LogP contribution in [0.4, 0.5) is 15.9 Å². The Bertz CT molecular complexity index is 888. The molecule has 0 saturated heterocycles. The van der Waals surface area contributed by atoms with E-state index in [0.717, 1.165) is 5.56 Å². The largest absolute Gasteiger partial charge is 0.339 e. The fourth-order valence-corrected chi connectivity index (χ4v) is 2.65. The van der Waals surface area contributed by atoms with Gasteiger partial charge in [0, 0.05) is 18.6 Å². The lowest BCUT2D eigenvalue weighted by atomic mass is 10.2. The van der Waals surface area contributed by atoms with E-state index in [4.69, 9.17) is 11.6 Å². The highest BCUT2D eigenvalue weighted by atomic mass is 35.5. The Morgan fingerprint density at radius 3 is 2.82 bits per heavy atom. The third kappa shape index (κ3) is 2.33. The van der Waals surface area contributed by atoms with Gasteiger partial charge in [0.2, 0.25) is 0 Å². The van der Waals surface area contributed by atoms with Crippen LogP contribution in [0.2, 0.25) is 0 Å². The number of hydrogen-bond acceptors (Lipinski definition) is 3. The minimum Gasteiger partial charge on any atom is -0.339 e. The van der Waals surface area contributed by atoms with Crippen LogP contribution in [0, 0.1) is 12.7 Å². The summed E-state index contributed by atoms with van der Waals surface area (Å²) in [6.07, 6.45) is 1.63. The number of fused-ring (bicyclic) bond motifs is 1. The highest BCUT2D eigenvalue weighted by Gasteiger charge is 2.21. The third-order valence-corrected chi connectivity index (χ3v) is 3.71. The summed E-state index contributed by atoms with van der Waals surface area (Å²) in [4.78, 5) is 16.1. The Balaban J connectivity index is 2.20. The quantitative estimate of drug-likeness (QED) is 0.738. The van der Waals surface area contributed by atoms with Gasteiger partial charge in [0.1, 0.15) is 17.3 Å². The number of hydrogen-bond donors (Lipinski definition) is 1. The van der Waals surface area contributed by atoms with Gasteiger partial charge in [-0.1, -0.05) is 6.07 Å². The highest BCUT2D eigenvalue weighted by molar-refractivity contribution is 6.69. The molecule has 0 spiro atoms. The van der Waals surface area contributed by atoms with Gasteiger partial charge in [0.15, 0.2) is 0 Å². The number of halogens is 2. The zero-order valence-electron chi connectivity index (χ0n) is 12.0. The second kappa shape index (κ2) is 5.42. The summed E-state index contributed by atoms with van der Waals surface area (Å²) < 4.78 is 15.7. The van der Waals surface area contributed by atoms with Gasteiger partial charge in [-0.15, -0.1) is 0 Å². The van der Waals surface area contributed by atoms with E-state index < -0.39 is 11.1 Å². The van der Waals surface area contributed by atoms with Crippen molar-refractivity contribution >= 4 is 39.4 Å². The normalized spacial score (nSPS) is 10.9. The van der Waals surface area contributed by atoms with Crippen LogP contribution in [0.1, 0.15) is 15.9 Å². The van der Waals surface area contributed by atoms with Gasteiger partial charge in [-0.25, -0.2) is 9.37 Å². The van der Waals surface area contributed by atoms with Gasteiger partial charge >= 0.3 is 0 Å². The molecule has 0 aliphatic heterocycles. The number of aromatic nitrogens is 2. The second-order valence-electron chi connectivity index (χ2n) is 5.04. The Labute approximate surface area is 131 Å². The standard InChI is InChI=1S/C16H13ClFN3O/c1-9-5-6-12(11(18)8-9)20-16-13(14(17)22)10-4-3-7-19-15(10)21(16)2/h3-8,20H,1-2H3. The van der Waals surface area contributed by atoms with Crippen LogP contribution in [0.5, 0.6) is 0 Å². The molecule has 3 rings (SSSR count). The van der Waals surface area contributed by atoms with Crippen LogP contribution in [0.15, 0.2) is 36.5 Å². The minimum atomic E-state index is -0.617. The molecule has 1 N–H and O–H groups in total. The lowest BCUT2D eigenvalue weighted by molar-refractivity contribution is 0.108. The molecule has 0 saturated carbocycles. The maximum absolute atomic E-state index is 14.1. The molecule has 0 fully saturated rings. The molecular formula is C16H13ClFN3O. The molecular weight excluding hydrogens is 305 g/mol. The van der Waals surface area contributed by atoms with Crippen molar-refractivity contribution in [2.24, 2.45) is 7.05 Å². The molecule has 0 unspecified atom stereocenters. The summed E-state index contributed by atoms with van der Waals surface area (Å²) in [7, 11) is 1.74. The Hall–Kier alpha value is -2.40. The molecule has 112 valence electrons. The minimum absolute atomic E-state index is 0.274. The van der Waals surface area contributed by atoms with Crippen molar-refractivity contribution in [3.05, 3.63) is 53.5 Å². The molecule has 0 radical (unpaired) electrons. The molecule has 0 amide bonds. The van der Waals surface area contributed by atoms with Crippen LogP contribution in [-0.2, 0) is 7.05 Å². The number of aryl methyl sites for hydroxylation is 2. The molecule has 2 heterocycles. The van der Waals surface area contributed by atoms with Gasteiger partial charge in [0.05, 0.1) is 11.3 Å². The molecule has 22 heavy (non-hydrogen) atoms. The predicted octanol–water partition coefficient (Wildman–Crippen LogP) is 4.14. The van der Waals surface area contributed by atoms with Gasteiger partial charge in [-0.05, 0) is 48.4 Å². The maximum Gasteiger partial charge on any atom is 0.256 e. The zero-order chi connectivity index (χ0) is 15.9. The maximum atomic E-state index is 14.1. The van der Waals surface area contributed by atoms with E-state index in [0.29, 0.717) is 16.9 Å². The number of benzene rings is 1.